The minimum atomic E-state index is -3.96. The molecule has 4 heteroatoms. The van der Waals surface area contributed by atoms with Gasteiger partial charge in [0.15, 0.2) is 0 Å². The van der Waals surface area contributed by atoms with E-state index in [-0.39, 0.29) is 0 Å². The van der Waals surface area contributed by atoms with E-state index >= 15 is 0 Å². The van der Waals surface area contributed by atoms with Gasteiger partial charge in [0.25, 0.3) is 0 Å². The molecule has 0 aromatic heterocycles. The van der Waals surface area contributed by atoms with Crippen LogP contribution in [0.25, 0.3) is 0 Å². The van der Waals surface area contributed by atoms with Gasteiger partial charge in [0.05, 0.1) is 0 Å². The first-order valence-corrected chi connectivity index (χ1v) is 8.78. The predicted molar refractivity (Wildman–Crippen MR) is 64.7 cm³/mol. The summed E-state index contributed by atoms with van der Waals surface area (Å²) < 4.78 is 36.7. The van der Waals surface area contributed by atoms with Gasteiger partial charge in [-0.3, -0.25) is 0 Å². The summed E-state index contributed by atoms with van der Waals surface area (Å²) in [4.78, 5) is 0. The molecule has 0 spiro atoms. The first kappa shape index (κ1) is 15.2. The summed E-state index contributed by atoms with van der Waals surface area (Å²) in [7, 11) is -1.60. The molecule has 0 N–H and O–H groups in total. The Morgan fingerprint density at radius 1 is 0.867 bits per heavy atom. The van der Waals surface area contributed by atoms with Crippen molar-refractivity contribution in [2.75, 3.05) is 24.6 Å². The SMILES string of the molecule is CCC[PH](CC)(CCC)CCC(F)(F)F. The molecule has 15 heavy (non-hydrogen) atoms. The molecule has 0 radical (unpaired) electrons. The van der Waals surface area contributed by atoms with Crippen molar-refractivity contribution in [3.8, 4) is 0 Å². The Morgan fingerprint density at radius 2 is 1.33 bits per heavy atom. The molecule has 0 rings (SSSR count). The van der Waals surface area contributed by atoms with Gasteiger partial charge in [-0.25, -0.2) is 0 Å². The molecule has 0 aliphatic rings. The first-order chi connectivity index (χ1) is 6.89. The number of hydrogen-bond acceptors (Lipinski definition) is 0. The number of halogens is 3. The van der Waals surface area contributed by atoms with Crippen LogP contribution in [0, 0.1) is 0 Å². The van der Waals surface area contributed by atoms with Crippen molar-refractivity contribution in [2.45, 2.75) is 46.2 Å². The van der Waals surface area contributed by atoms with Crippen molar-refractivity contribution in [3.05, 3.63) is 0 Å². The molecule has 0 aliphatic carbocycles. The zero-order valence-electron chi connectivity index (χ0n) is 10.1. The van der Waals surface area contributed by atoms with Crippen LogP contribution in [0.4, 0.5) is 13.2 Å². The maximum atomic E-state index is 12.2. The maximum absolute atomic E-state index is 12.2. The molecule has 0 aliphatic heterocycles. The van der Waals surface area contributed by atoms with E-state index in [1.54, 1.807) is 0 Å². The van der Waals surface area contributed by atoms with E-state index in [1.807, 2.05) is 0 Å². The van der Waals surface area contributed by atoms with Crippen LogP contribution in [-0.2, 0) is 0 Å². The van der Waals surface area contributed by atoms with Crippen molar-refractivity contribution in [3.63, 3.8) is 0 Å². The Hall–Kier alpha value is 0.220. The third-order valence-electron chi connectivity index (χ3n) is 3.25. The van der Waals surface area contributed by atoms with Crippen LogP contribution in [0.5, 0.6) is 0 Å². The van der Waals surface area contributed by atoms with Crippen LogP contribution in [0.3, 0.4) is 0 Å². The molecule has 0 saturated carbocycles. The van der Waals surface area contributed by atoms with Crippen molar-refractivity contribution < 1.29 is 13.2 Å². The molecular weight excluding hydrogens is 220 g/mol. The van der Waals surface area contributed by atoms with Crippen LogP contribution in [0.2, 0.25) is 0 Å². The summed E-state index contributed by atoms with van der Waals surface area (Å²) in [6.07, 6.45) is 1.12. The van der Waals surface area contributed by atoms with Crippen LogP contribution < -0.4 is 0 Å². The zero-order chi connectivity index (χ0) is 11.9. The van der Waals surface area contributed by atoms with E-state index in [0.29, 0.717) is 6.16 Å². The fourth-order valence-electron chi connectivity index (χ4n) is 2.37. The third kappa shape index (κ3) is 6.40. The monoisotopic (exact) mass is 244 g/mol. The fraction of sp³-hybridized carbons (Fsp3) is 1.00. The summed E-state index contributed by atoms with van der Waals surface area (Å²) in [5.41, 5.74) is 0. The van der Waals surface area contributed by atoms with Crippen molar-refractivity contribution >= 4 is 7.26 Å². The second kappa shape index (κ2) is 6.73. The average molecular weight is 244 g/mol. The van der Waals surface area contributed by atoms with E-state index in [0.717, 1.165) is 31.3 Å². The molecule has 0 nitrogen and oxygen atoms in total. The average Bonchev–Trinajstić information content (AvgIpc) is 2.14. The predicted octanol–water partition coefficient (Wildman–Crippen LogP) is 4.53. The molecule has 0 bridgehead atoms. The molecule has 0 amide bonds. The van der Waals surface area contributed by atoms with Crippen molar-refractivity contribution in [1.82, 2.24) is 0 Å². The van der Waals surface area contributed by atoms with E-state index in [9.17, 15) is 13.2 Å². The Kier molecular flexibility index (Phi) is 6.83. The summed E-state index contributed by atoms with van der Waals surface area (Å²) in [6, 6.07) is 0. The molecular formula is C11H24F3P. The summed E-state index contributed by atoms with van der Waals surface area (Å²) in [5, 5.41) is 0. The summed E-state index contributed by atoms with van der Waals surface area (Å²) in [6.45, 7) is 6.25. The molecule has 94 valence electrons. The second-order valence-electron chi connectivity index (χ2n) is 4.47. The minimum absolute atomic E-state index is 0.439. The number of rotatable bonds is 7. The quantitative estimate of drug-likeness (QED) is 0.577. The molecule has 0 saturated heterocycles. The van der Waals surface area contributed by atoms with Gasteiger partial charge in [0.2, 0.25) is 0 Å². The van der Waals surface area contributed by atoms with Gasteiger partial charge in [0.1, 0.15) is 0 Å². The first-order valence-electron chi connectivity index (χ1n) is 5.96. The van der Waals surface area contributed by atoms with Gasteiger partial charge in [-0.1, -0.05) is 0 Å². The van der Waals surface area contributed by atoms with Gasteiger partial charge < -0.3 is 0 Å². The molecule has 0 fully saturated rings. The van der Waals surface area contributed by atoms with Gasteiger partial charge in [-0.15, -0.1) is 0 Å². The van der Waals surface area contributed by atoms with Crippen molar-refractivity contribution in [1.29, 1.82) is 0 Å². The fourth-order valence-corrected chi connectivity index (χ4v) is 7.12. The molecule has 0 aromatic rings. The molecule has 0 aromatic carbocycles. The van der Waals surface area contributed by atoms with E-state index < -0.39 is 19.9 Å². The Labute approximate surface area is 92.0 Å². The Bertz CT molecular complexity index is 160. The van der Waals surface area contributed by atoms with Gasteiger partial charge >= 0.3 is 91.3 Å². The Balaban J connectivity index is 4.33. The van der Waals surface area contributed by atoms with E-state index in [1.165, 1.54) is 0 Å². The zero-order valence-corrected chi connectivity index (χ0v) is 11.1. The van der Waals surface area contributed by atoms with E-state index in [4.69, 9.17) is 0 Å². The molecule has 0 heterocycles. The summed E-state index contributed by atoms with van der Waals surface area (Å²) >= 11 is 0. The van der Waals surface area contributed by atoms with Crippen LogP contribution in [-0.4, -0.2) is 30.8 Å². The van der Waals surface area contributed by atoms with Crippen LogP contribution in [0.15, 0.2) is 0 Å². The second-order valence-corrected chi connectivity index (χ2v) is 9.68. The number of hydrogen-bond donors (Lipinski definition) is 0. The summed E-state index contributed by atoms with van der Waals surface area (Å²) in [5.74, 6) is 0. The van der Waals surface area contributed by atoms with Crippen molar-refractivity contribution in [2.24, 2.45) is 0 Å². The van der Waals surface area contributed by atoms with Crippen LogP contribution >= 0.6 is 7.26 Å². The standard InChI is InChI=1S/C11H24F3P/c1-4-8-15(6-3,9-5-2)10-7-11(12,13)14/h15H,4-10H2,1-3H3. The molecule has 0 atom stereocenters. The van der Waals surface area contributed by atoms with Gasteiger partial charge in [-0.05, 0) is 0 Å². The Morgan fingerprint density at radius 3 is 1.60 bits per heavy atom. The molecule has 0 unspecified atom stereocenters. The number of alkyl halides is 3. The topological polar surface area (TPSA) is 0 Å². The third-order valence-corrected chi connectivity index (χ3v) is 9.18. The van der Waals surface area contributed by atoms with Gasteiger partial charge in [-0.2, -0.15) is 0 Å². The van der Waals surface area contributed by atoms with Crippen LogP contribution in [0.1, 0.15) is 40.0 Å². The normalized spacial score (nSPS) is 14.3. The van der Waals surface area contributed by atoms with E-state index in [2.05, 4.69) is 20.8 Å². The van der Waals surface area contributed by atoms with Gasteiger partial charge in [0, 0.05) is 0 Å².